The van der Waals surface area contributed by atoms with Crippen LogP contribution in [0, 0.1) is 0 Å². The summed E-state index contributed by atoms with van der Waals surface area (Å²) in [4.78, 5) is 19.3. The molecular formula is C21H16Cl2N2O3S. The van der Waals surface area contributed by atoms with Crippen LogP contribution in [0.25, 0.3) is 4.91 Å². The molecule has 0 aromatic heterocycles. The summed E-state index contributed by atoms with van der Waals surface area (Å²) in [5.41, 5.74) is 2.22. The maximum Gasteiger partial charge on any atom is 0.335 e. The van der Waals surface area contributed by atoms with Gasteiger partial charge in [0.25, 0.3) is 0 Å². The van der Waals surface area contributed by atoms with Crippen molar-refractivity contribution >= 4 is 51.0 Å². The number of ether oxygens (including phenoxy) is 1. The van der Waals surface area contributed by atoms with Crippen molar-refractivity contribution in [3.05, 3.63) is 81.1 Å². The summed E-state index contributed by atoms with van der Waals surface area (Å²) in [5, 5.41) is 11.6. The lowest BCUT2D eigenvalue weighted by molar-refractivity contribution is -0.133. The number of thioether (sulfide) groups is 1. The molecule has 2 aliphatic rings. The lowest BCUT2D eigenvalue weighted by Crippen LogP contribution is -2.33. The van der Waals surface area contributed by atoms with Crippen LogP contribution in [0.1, 0.15) is 24.1 Å². The summed E-state index contributed by atoms with van der Waals surface area (Å²) in [6, 6.07) is 12.2. The van der Waals surface area contributed by atoms with Gasteiger partial charge in [0.05, 0.1) is 34.5 Å². The van der Waals surface area contributed by atoms with E-state index in [4.69, 9.17) is 27.9 Å². The van der Waals surface area contributed by atoms with Crippen LogP contribution < -0.4 is 4.74 Å². The van der Waals surface area contributed by atoms with Crippen molar-refractivity contribution in [2.45, 2.75) is 13.0 Å². The predicted molar refractivity (Wildman–Crippen MR) is 117 cm³/mol. The zero-order valence-corrected chi connectivity index (χ0v) is 17.8. The highest BCUT2D eigenvalue weighted by Gasteiger charge is 2.39. The number of rotatable bonds is 4. The standard InChI is InChI=1S/C21H16Cl2N2O3S/c1-11-17(20(26)27)19(12-6-8-13(28-2)9-7-12)25-10-16(29-21(25)24-11)18-14(22)4-3-5-15(18)23/h3-10,19H,1-2H3,(H,26,27)/t19-/m0/s1. The maximum absolute atomic E-state index is 12.1. The number of nitrogens with zero attached hydrogens (tertiary/aromatic N) is 2. The second kappa shape index (κ2) is 7.78. The van der Waals surface area contributed by atoms with E-state index < -0.39 is 12.0 Å². The molecule has 2 heterocycles. The Hall–Kier alpha value is -2.41. The summed E-state index contributed by atoms with van der Waals surface area (Å²) < 4.78 is 5.23. The van der Waals surface area contributed by atoms with E-state index in [1.807, 2.05) is 35.4 Å². The van der Waals surface area contributed by atoms with E-state index in [-0.39, 0.29) is 5.57 Å². The quantitative estimate of drug-likeness (QED) is 0.640. The molecule has 1 N–H and O–H groups in total. The van der Waals surface area contributed by atoms with Gasteiger partial charge in [-0.3, -0.25) is 0 Å². The minimum absolute atomic E-state index is 0.224. The zero-order valence-electron chi connectivity index (χ0n) is 15.5. The lowest BCUT2D eigenvalue weighted by Gasteiger charge is -2.32. The van der Waals surface area contributed by atoms with Crippen molar-refractivity contribution in [3.63, 3.8) is 0 Å². The molecule has 0 fully saturated rings. The minimum atomic E-state index is -1.01. The summed E-state index contributed by atoms with van der Waals surface area (Å²) >= 11 is 14.2. The van der Waals surface area contributed by atoms with Gasteiger partial charge in [0.1, 0.15) is 5.75 Å². The van der Waals surface area contributed by atoms with Crippen LogP contribution in [0.2, 0.25) is 10.0 Å². The van der Waals surface area contributed by atoms with Gasteiger partial charge in [-0.05, 0) is 48.5 Å². The second-order valence-corrected chi connectivity index (χ2v) is 8.30. The number of allylic oxidation sites excluding steroid dienone is 1. The summed E-state index contributed by atoms with van der Waals surface area (Å²) in [6.45, 7) is 1.71. The molecule has 2 aromatic carbocycles. The molecule has 0 aliphatic carbocycles. The van der Waals surface area contributed by atoms with Crippen LogP contribution in [0.5, 0.6) is 5.75 Å². The highest BCUT2D eigenvalue weighted by Crippen LogP contribution is 2.48. The zero-order chi connectivity index (χ0) is 20.7. The first-order valence-corrected chi connectivity index (χ1v) is 10.3. The number of halogens is 2. The van der Waals surface area contributed by atoms with Crippen molar-refractivity contribution in [1.82, 2.24) is 4.90 Å². The topological polar surface area (TPSA) is 62.1 Å². The molecule has 0 bridgehead atoms. The third kappa shape index (κ3) is 3.52. The number of amidine groups is 1. The van der Waals surface area contributed by atoms with Gasteiger partial charge in [-0.2, -0.15) is 0 Å². The van der Waals surface area contributed by atoms with E-state index in [0.29, 0.717) is 32.2 Å². The minimum Gasteiger partial charge on any atom is -0.497 e. The number of carbonyl (C=O) groups is 1. The Labute approximate surface area is 182 Å². The average Bonchev–Trinajstić information content (AvgIpc) is 3.09. The lowest BCUT2D eigenvalue weighted by atomic mass is 9.95. The number of benzene rings is 2. The fourth-order valence-corrected chi connectivity index (χ4v) is 5.24. The fraction of sp³-hybridized carbons (Fsp3) is 0.143. The van der Waals surface area contributed by atoms with E-state index in [1.165, 1.54) is 11.8 Å². The van der Waals surface area contributed by atoms with Crippen LogP contribution in [-0.2, 0) is 4.79 Å². The van der Waals surface area contributed by atoms with Gasteiger partial charge >= 0.3 is 5.97 Å². The Morgan fingerprint density at radius 1 is 1.17 bits per heavy atom. The molecule has 0 unspecified atom stereocenters. The summed E-state index contributed by atoms with van der Waals surface area (Å²) in [7, 11) is 1.59. The second-order valence-electron chi connectivity index (χ2n) is 6.47. The van der Waals surface area contributed by atoms with Gasteiger partial charge in [-0.1, -0.05) is 41.4 Å². The van der Waals surface area contributed by atoms with Crippen LogP contribution in [0.4, 0.5) is 0 Å². The molecule has 5 nitrogen and oxygen atoms in total. The third-order valence-electron chi connectivity index (χ3n) is 4.75. The van der Waals surface area contributed by atoms with Gasteiger partial charge in [-0.25, -0.2) is 9.79 Å². The third-order valence-corrected chi connectivity index (χ3v) is 6.40. The molecule has 0 saturated carbocycles. The first-order valence-electron chi connectivity index (χ1n) is 8.69. The first kappa shape index (κ1) is 19.9. The molecule has 8 heteroatoms. The van der Waals surface area contributed by atoms with Crippen molar-refractivity contribution < 1.29 is 14.6 Å². The molecule has 2 aromatic rings. The van der Waals surface area contributed by atoms with Crippen molar-refractivity contribution in [3.8, 4) is 5.75 Å². The molecule has 4 rings (SSSR count). The van der Waals surface area contributed by atoms with Crippen molar-refractivity contribution in [2.24, 2.45) is 4.99 Å². The van der Waals surface area contributed by atoms with Crippen LogP contribution in [-0.4, -0.2) is 28.3 Å². The maximum atomic E-state index is 12.1. The molecule has 0 spiro atoms. The number of aliphatic imine (C=N–C) groups is 1. The molecule has 0 saturated heterocycles. The molecule has 29 heavy (non-hydrogen) atoms. The molecule has 148 valence electrons. The Kier molecular flexibility index (Phi) is 5.34. The van der Waals surface area contributed by atoms with Gasteiger partial charge in [-0.15, -0.1) is 0 Å². The first-order chi connectivity index (χ1) is 13.9. The number of carboxylic acid groups (broad SMARTS) is 1. The number of hydrogen-bond donors (Lipinski definition) is 1. The Balaban J connectivity index is 1.84. The van der Waals surface area contributed by atoms with Crippen molar-refractivity contribution in [1.29, 1.82) is 0 Å². The van der Waals surface area contributed by atoms with Crippen LogP contribution >= 0.6 is 35.0 Å². The molecule has 1 atom stereocenters. The Bertz CT molecular complexity index is 1070. The number of hydrogen-bond acceptors (Lipinski definition) is 5. The predicted octanol–water partition coefficient (Wildman–Crippen LogP) is 5.82. The Morgan fingerprint density at radius 2 is 1.83 bits per heavy atom. The largest absolute Gasteiger partial charge is 0.497 e. The highest BCUT2D eigenvalue weighted by atomic mass is 35.5. The molecule has 0 amide bonds. The van der Waals surface area contributed by atoms with E-state index >= 15 is 0 Å². The van der Waals surface area contributed by atoms with Gasteiger partial charge in [0, 0.05) is 16.7 Å². The Morgan fingerprint density at radius 3 is 2.41 bits per heavy atom. The smallest absolute Gasteiger partial charge is 0.335 e. The van der Waals surface area contributed by atoms with Gasteiger partial charge < -0.3 is 14.7 Å². The number of carboxylic acids is 1. The van der Waals surface area contributed by atoms with E-state index in [2.05, 4.69) is 4.99 Å². The van der Waals surface area contributed by atoms with Gasteiger partial charge in [0.15, 0.2) is 5.17 Å². The molecular weight excluding hydrogens is 431 g/mol. The highest BCUT2D eigenvalue weighted by molar-refractivity contribution is 8.22. The number of aliphatic carboxylic acids is 1. The molecule has 0 radical (unpaired) electrons. The normalized spacial score (nSPS) is 18.3. The average molecular weight is 447 g/mol. The van der Waals surface area contributed by atoms with Crippen LogP contribution in [0.3, 0.4) is 0 Å². The van der Waals surface area contributed by atoms with Gasteiger partial charge in [0.2, 0.25) is 0 Å². The summed E-state index contributed by atoms with van der Waals surface area (Å²) in [6.07, 6.45) is 1.86. The number of methoxy groups -OCH3 is 1. The fourth-order valence-electron chi connectivity index (χ4n) is 3.40. The van der Waals surface area contributed by atoms with E-state index in [1.54, 1.807) is 32.2 Å². The van der Waals surface area contributed by atoms with Crippen molar-refractivity contribution in [2.75, 3.05) is 7.11 Å². The SMILES string of the molecule is COc1ccc([C@H]2C(C(=O)O)=C(C)N=C3SC(c4c(Cl)cccc4Cl)=CN32)cc1. The van der Waals surface area contributed by atoms with Crippen LogP contribution in [0.15, 0.2) is 64.9 Å². The van der Waals surface area contributed by atoms with E-state index in [0.717, 1.165) is 10.5 Å². The number of fused-ring (bicyclic) bond motifs is 1. The van der Waals surface area contributed by atoms with E-state index in [9.17, 15) is 9.90 Å². The molecule has 2 aliphatic heterocycles. The summed E-state index contributed by atoms with van der Waals surface area (Å²) in [5.74, 6) is -0.306. The monoisotopic (exact) mass is 446 g/mol.